The summed E-state index contributed by atoms with van der Waals surface area (Å²) in [6, 6.07) is 2.48. The topological polar surface area (TPSA) is 66.8 Å². The molecule has 0 fully saturated rings. The molecule has 1 aromatic rings. The van der Waals surface area contributed by atoms with Crippen LogP contribution < -0.4 is 0 Å². The lowest BCUT2D eigenvalue weighted by Crippen LogP contribution is -2.05. The van der Waals surface area contributed by atoms with Crippen molar-refractivity contribution in [2.75, 3.05) is 7.11 Å². The van der Waals surface area contributed by atoms with E-state index in [4.69, 9.17) is 0 Å². The number of esters is 1. The number of ether oxygens (including phenoxy) is 1. The summed E-state index contributed by atoms with van der Waals surface area (Å²) in [5.41, 5.74) is 0.683. The van der Waals surface area contributed by atoms with E-state index in [0.29, 0.717) is 12.0 Å². The quantitative estimate of drug-likeness (QED) is 0.702. The van der Waals surface area contributed by atoms with E-state index in [2.05, 4.69) is 4.74 Å². The third-order valence-corrected chi connectivity index (χ3v) is 1.97. The second-order valence-electron chi connectivity index (χ2n) is 2.84. The Morgan fingerprint density at radius 1 is 1.43 bits per heavy atom. The SMILES string of the molecule is CCc1c(O)cc(O)cc1C(=O)OC. The van der Waals surface area contributed by atoms with Crippen LogP contribution in [0.1, 0.15) is 22.8 Å². The molecule has 0 radical (unpaired) electrons. The summed E-state index contributed by atoms with van der Waals surface area (Å²) in [5, 5.41) is 18.6. The van der Waals surface area contributed by atoms with E-state index in [1.165, 1.54) is 19.2 Å². The van der Waals surface area contributed by atoms with E-state index in [1.54, 1.807) is 6.92 Å². The van der Waals surface area contributed by atoms with Gasteiger partial charge < -0.3 is 14.9 Å². The van der Waals surface area contributed by atoms with E-state index < -0.39 is 5.97 Å². The summed E-state index contributed by atoms with van der Waals surface area (Å²) < 4.78 is 4.53. The van der Waals surface area contributed by atoms with Crippen LogP contribution in [-0.2, 0) is 11.2 Å². The monoisotopic (exact) mass is 196 g/mol. The fraction of sp³-hybridized carbons (Fsp3) is 0.300. The lowest BCUT2D eigenvalue weighted by molar-refractivity contribution is 0.0598. The van der Waals surface area contributed by atoms with Crippen molar-refractivity contribution in [1.82, 2.24) is 0 Å². The normalized spacial score (nSPS) is 9.86. The number of carbonyl (C=O) groups is 1. The number of phenolic OH excluding ortho intramolecular Hbond substituents is 2. The smallest absolute Gasteiger partial charge is 0.338 e. The van der Waals surface area contributed by atoms with E-state index in [1.807, 2.05) is 0 Å². The maximum absolute atomic E-state index is 11.3. The lowest BCUT2D eigenvalue weighted by atomic mass is 10.0. The summed E-state index contributed by atoms with van der Waals surface area (Å²) in [5.74, 6) is -0.805. The van der Waals surface area contributed by atoms with E-state index >= 15 is 0 Å². The van der Waals surface area contributed by atoms with E-state index in [0.717, 1.165) is 0 Å². The Hall–Kier alpha value is -1.71. The Kier molecular flexibility index (Phi) is 2.96. The highest BCUT2D eigenvalue weighted by Gasteiger charge is 2.15. The standard InChI is InChI=1S/C10H12O4/c1-3-7-8(10(13)14-2)4-6(11)5-9(7)12/h4-5,11-12H,3H2,1-2H3. The number of carbonyl (C=O) groups excluding carboxylic acids is 1. The van der Waals surface area contributed by atoms with Crippen LogP contribution in [0.3, 0.4) is 0 Å². The molecule has 0 aliphatic heterocycles. The molecule has 0 amide bonds. The van der Waals surface area contributed by atoms with Crippen molar-refractivity contribution in [1.29, 1.82) is 0 Å². The lowest BCUT2D eigenvalue weighted by Gasteiger charge is -2.08. The molecule has 76 valence electrons. The van der Waals surface area contributed by atoms with Crippen molar-refractivity contribution in [2.45, 2.75) is 13.3 Å². The fourth-order valence-corrected chi connectivity index (χ4v) is 1.31. The third-order valence-electron chi connectivity index (χ3n) is 1.97. The second-order valence-corrected chi connectivity index (χ2v) is 2.84. The summed E-state index contributed by atoms with van der Waals surface area (Å²) in [4.78, 5) is 11.3. The molecular formula is C10H12O4. The van der Waals surface area contributed by atoms with Crippen molar-refractivity contribution in [3.63, 3.8) is 0 Å². The van der Waals surface area contributed by atoms with E-state index in [9.17, 15) is 15.0 Å². The number of benzene rings is 1. The zero-order chi connectivity index (χ0) is 10.7. The Morgan fingerprint density at radius 3 is 2.57 bits per heavy atom. The van der Waals surface area contributed by atoms with Crippen LogP contribution in [0.2, 0.25) is 0 Å². The van der Waals surface area contributed by atoms with Gasteiger partial charge in [-0.05, 0) is 12.5 Å². The first-order valence-electron chi connectivity index (χ1n) is 4.23. The van der Waals surface area contributed by atoms with Crippen LogP contribution in [0.15, 0.2) is 12.1 Å². The zero-order valence-corrected chi connectivity index (χ0v) is 8.07. The molecule has 0 heterocycles. The Bertz CT molecular complexity index is 357. The van der Waals surface area contributed by atoms with Gasteiger partial charge in [-0.3, -0.25) is 0 Å². The fourth-order valence-electron chi connectivity index (χ4n) is 1.31. The number of phenols is 2. The number of hydrogen-bond donors (Lipinski definition) is 2. The van der Waals surface area contributed by atoms with Gasteiger partial charge in [0, 0.05) is 11.6 Å². The molecule has 4 heteroatoms. The van der Waals surface area contributed by atoms with Crippen molar-refractivity contribution < 1.29 is 19.7 Å². The summed E-state index contributed by atoms with van der Waals surface area (Å²) in [6.45, 7) is 1.80. The summed E-state index contributed by atoms with van der Waals surface area (Å²) in [6.07, 6.45) is 0.497. The highest BCUT2D eigenvalue weighted by Crippen LogP contribution is 2.27. The minimum absolute atomic E-state index is 0.0899. The second kappa shape index (κ2) is 4.00. The van der Waals surface area contributed by atoms with Gasteiger partial charge in [0.2, 0.25) is 0 Å². The number of hydrogen-bond acceptors (Lipinski definition) is 4. The molecule has 0 unspecified atom stereocenters. The zero-order valence-electron chi connectivity index (χ0n) is 8.07. The molecule has 0 aliphatic rings. The van der Waals surface area contributed by atoms with Crippen LogP contribution >= 0.6 is 0 Å². The van der Waals surface area contributed by atoms with Gasteiger partial charge in [0.15, 0.2) is 0 Å². The Balaban J connectivity index is 3.32. The molecule has 0 spiro atoms. The van der Waals surface area contributed by atoms with Gasteiger partial charge in [-0.15, -0.1) is 0 Å². The summed E-state index contributed by atoms with van der Waals surface area (Å²) in [7, 11) is 1.25. The number of methoxy groups -OCH3 is 1. The van der Waals surface area contributed by atoms with Gasteiger partial charge in [0.25, 0.3) is 0 Å². The molecule has 2 N–H and O–H groups in total. The van der Waals surface area contributed by atoms with Crippen LogP contribution in [-0.4, -0.2) is 23.3 Å². The predicted molar refractivity (Wildman–Crippen MR) is 50.5 cm³/mol. The Labute approximate surface area is 81.8 Å². The predicted octanol–water partition coefficient (Wildman–Crippen LogP) is 1.45. The maximum Gasteiger partial charge on any atom is 0.338 e. The van der Waals surface area contributed by atoms with E-state index in [-0.39, 0.29) is 17.1 Å². The maximum atomic E-state index is 11.3. The van der Waals surface area contributed by atoms with Crippen molar-refractivity contribution >= 4 is 5.97 Å². The van der Waals surface area contributed by atoms with Crippen molar-refractivity contribution in [3.05, 3.63) is 23.3 Å². The molecular weight excluding hydrogens is 184 g/mol. The molecule has 0 atom stereocenters. The van der Waals surface area contributed by atoms with Gasteiger partial charge in [-0.25, -0.2) is 4.79 Å². The largest absolute Gasteiger partial charge is 0.508 e. The van der Waals surface area contributed by atoms with Gasteiger partial charge >= 0.3 is 5.97 Å². The van der Waals surface area contributed by atoms with Crippen molar-refractivity contribution in [2.24, 2.45) is 0 Å². The molecule has 0 saturated heterocycles. The van der Waals surface area contributed by atoms with Gasteiger partial charge in [-0.1, -0.05) is 6.92 Å². The molecule has 1 rings (SSSR count). The molecule has 4 nitrogen and oxygen atoms in total. The summed E-state index contributed by atoms with van der Waals surface area (Å²) >= 11 is 0. The highest BCUT2D eigenvalue weighted by atomic mass is 16.5. The van der Waals surface area contributed by atoms with Crippen LogP contribution in [0.25, 0.3) is 0 Å². The highest BCUT2D eigenvalue weighted by molar-refractivity contribution is 5.92. The average molecular weight is 196 g/mol. The Morgan fingerprint density at radius 2 is 2.07 bits per heavy atom. The first kappa shape index (κ1) is 10.4. The molecule has 0 aliphatic carbocycles. The molecule has 0 bridgehead atoms. The minimum Gasteiger partial charge on any atom is -0.508 e. The minimum atomic E-state index is -0.562. The van der Waals surface area contributed by atoms with Gasteiger partial charge in [0.1, 0.15) is 11.5 Å². The van der Waals surface area contributed by atoms with Gasteiger partial charge in [0.05, 0.1) is 12.7 Å². The first-order chi connectivity index (χ1) is 6.60. The van der Waals surface area contributed by atoms with Crippen molar-refractivity contribution in [3.8, 4) is 11.5 Å². The number of rotatable bonds is 2. The van der Waals surface area contributed by atoms with Crippen LogP contribution in [0.4, 0.5) is 0 Å². The molecule has 0 saturated carbocycles. The average Bonchev–Trinajstić information content (AvgIpc) is 2.15. The molecule has 0 aromatic heterocycles. The van der Waals surface area contributed by atoms with Crippen LogP contribution in [0, 0.1) is 0 Å². The first-order valence-corrected chi connectivity index (χ1v) is 4.23. The number of aromatic hydroxyl groups is 2. The third kappa shape index (κ3) is 1.79. The van der Waals surface area contributed by atoms with Crippen LogP contribution in [0.5, 0.6) is 11.5 Å². The molecule has 14 heavy (non-hydrogen) atoms. The van der Waals surface area contributed by atoms with Gasteiger partial charge in [-0.2, -0.15) is 0 Å². The molecule has 1 aromatic carbocycles.